The number of rotatable bonds is 3. The fourth-order valence-corrected chi connectivity index (χ4v) is 2.55. The quantitative estimate of drug-likeness (QED) is 0.875. The van der Waals surface area contributed by atoms with Gasteiger partial charge in [0.25, 0.3) is 0 Å². The number of ether oxygens (including phenoxy) is 1. The summed E-state index contributed by atoms with van der Waals surface area (Å²) in [5.74, 6) is -0.320. The van der Waals surface area contributed by atoms with Gasteiger partial charge in [-0.15, -0.1) is 0 Å². The van der Waals surface area contributed by atoms with Crippen molar-refractivity contribution >= 4 is 17.4 Å². The van der Waals surface area contributed by atoms with Crippen LogP contribution in [-0.4, -0.2) is 31.2 Å². The lowest BCUT2D eigenvalue weighted by Crippen LogP contribution is -2.32. The van der Waals surface area contributed by atoms with E-state index in [9.17, 15) is 9.18 Å². The van der Waals surface area contributed by atoms with Crippen LogP contribution in [0.1, 0.15) is 5.56 Å². The topological polar surface area (TPSA) is 45.7 Å². The molecule has 1 aromatic carbocycles. The van der Waals surface area contributed by atoms with E-state index >= 15 is 0 Å². The summed E-state index contributed by atoms with van der Waals surface area (Å²) in [5, 5.41) is 0. The van der Waals surface area contributed by atoms with Crippen molar-refractivity contribution in [2.24, 2.45) is 0 Å². The lowest BCUT2D eigenvalue weighted by atomic mass is 10.2. The van der Waals surface area contributed by atoms with Crippen LogP contribution in [0.15, 0.2) is 36.7 Å². The van der Waals surface area contributed by atoms with E-state index in [4.69, 9.17) is 4.74 Å². The van der Waals surface area contributed by atoms with Crippen molar-refractivity contribution < 1.29 is 13.9 Å². The molecule has 1 saturated heterocycles. The Labute approximate surface area is 127 Å². The lowest BCUT2D eigenvalue weighted by molar-refractivity contribution is 0.256. The van der Waals surface area contributed by atoms with E-state index in [0.29, 0.717) is 18.8 Å². The molecule has 2 heterocycles. The normalized spacial score (nSPS) is 14.6. The molecule has 6 heteroatoms. The van der Waals surface area contributed by atoms with Crippen LogP contribution in [-0.2, 0) is 0 Å². The van der Waals surface area contributed by atoms with Gasteiger partial charge in [-0.1, -0.05) is 0 Å². The van der Waals surface area contributed by atoms with E-state index in [0.717, 1.165) is 11.3 Å². The number of methoxy groups -OCH3 is 1. The number of carbonyl (C=O) groups is 1. The average molecular weight is 301 g/mol. The van der Waals surface area contributed by atoms with Crippen molar-refractivity contribution in [3.63, 3.8) is 0 Å². The molecule has 0 atom stereocenters. The minimum Gasteiger partial charge on any atom is -0.494 e. The summed E-state index contributed by atoms with van der Waals surface area (Å²) < 4.78 is 18.5. The van der Waals surface area contributed by atoms with Crippen LogP contribution in [0.4, 0.5) is 20.6 Å². The highest BCUT2D eigenvalue weighted by Crippen LogP contribution is 2.29. The number of hydrogen-bond acceptors (Lipinski definition) is 3. The summed E-state index contributed by atoms with van der Waals surface area (Å²) in [4.78, 5) is 20.0. The van der Waals surface area contributed by atoms with Crippen molar-refractivity contribution in [2.75, 3.05) is 30.0 Å². The van der Waals surface area contributed by atoms with Crippen molar-refractivity contribution in [1.82, 2.24) is 4.98 Å². The van der Waals surface area contributed by atoms with Crippen LogP contribution in [0.3, 0.4) is 0 Å². The molecule has 0 radical (unpaired) electrons. The van der Waals surface area contributed by atoms with Gasteiger partial charge in [-0.05, 0) is 30.7 Å². The Balaban J connectivity index is 1.90. The Hall–Kier alpha value is -2.63. The van der Waals surface area contributed by atoms with Crippen LogP contribution >= 0.6 is 0 Å². The van der Waals surface area contributed by atoms with E-state index in [2.05, 4.69) is 4.98 Å². The van der Waals surface area contributed by atoms with Crippen LogP contribution in [0.2, 0.25) is 0 Å². The third kappa shape index (κ3) is 2.36. The van der Waals surface area contributed by atoms with Gasteiger partial charge >= 0.3 is 6.03 Å². The van der Waals surface area contributed by atoms with Gasteiger partial charge < -0.3 is 4.74 Å². The molecule has 1 fully saturated rings. The van der Waals surface area contributed by atoms with Gasteiger partial charge in [0.2, 0.25) is 0 Å². The summed E-state index contributed by atoms with van der Waals surface area (Å²) in [6.07, 6.45) is 3.38. The Morgan fingerprint density at radius 1 is 1.23 bits per heavy atom. The summed E-state index contributed by atoms with van der Waals surface area (Å²) in [7, 11) is 1.40. The van der Waals surface area contributed by atoms with Gasteiger partial charge in [-0.25, -0.2) is 9.18 Å². The number of pyridine rings is 1. The van der Waals surface area contributed by atoms with E-state index < -0.39 is 5.82 Å². The largest absolute Gasteiger partial charge is 0.494 e. The molecule has 3 rings (SSSR count). The maximum Gasteiger partial charge on any atom is 0.329 e. The number of aromatic nitrogens is 1. The van der Waals surface area contributed by atoms with Crippen LogP contribution < -0.4 is 14.5 Å². The molecule has 0 aliphatic carbocycles. The minimum absolute atomic E-state index is 0.126. The number of halogens is 1. The van der Waals surface area contributed by atoms with Gasteiger partial charge in [0.1, 0.15) is 0 Å². The number of aryl methyl sites for hydroxylation is 1. The zero-order chi connectivity index (χ0) is 15.7. The zero-order valence-corrected chi connectivity index (χ0v) is 12.4. The molecule has 1 aliphatic rings. The predicted molar refractivity (Wildman–Crippen MR) is 82.0 cm³/mol. The third-order valence-corrected chi connectivity index (χ3v) is 3.76. The first kappa shape index (κ1) is 14.3. The second kappa shape index (κ2) is 5.63. The summed E-state index contributed by atoms with van der Waals surface area (Å²) in [5.41, 5.74) is 2.40. The molecule has 0 saturated carbocycles. The molecule has 2 amide bonds. The highest BCUT2D eigenvalue weighted by molar-refractivity contribution is 6.06. The van der Waals surface area contributed by atoms with E-state index in [1.54, 1.807) is 28.3 Å². The highest BCUT2D eigenvalue weighted by Gasteiger charge is 2.31. The number of amides is 2. The molecule has 1 aromatic heterocycles. The standard InChI is InChI=1S/C16H16FN3O2/c1-11-5-6-18-10-14(11)20-8-7-19(16(20)21)12-3-4-13(17)15(9-12)22-2/h3-6,9-10H,7-8H2,1-2H3. The number of carbonyl (C=O) groups excluding carboxylic acids is 1. The highest BCUT2D eigenvalue weighted by atomic mass is 19.1. The smallest absolute Gasteiger partial charge is 0.329 e. The zero-order valence-electron chi connectivity index (χ0n) is 12.4. The van der Waals surface area contributed by atoms with Gasteiger partial charge in [-0.2, -0.15) is 0 Å². The lowest BCUT2D eigenvalue weighted by Gasteiger charge is -2.20. The summed E-state index contributed by atoms with van der Waals surface area (Å²) in [6.45, 7) is 3.03. The predicted octanol–water partition coefficient (Wildman–Crippen LogP) is 2.98. The SMILES string of the molecule is COc1cc(N2CCN(c3cnccc3C)C2=O)ccc1F. The molecular formula is C16H16FN3O2. The van der Waals surface area contributed by atoms with Crippen molar-refractivity contribution in [2.45, 2.75) is 6.92 Å². The van der Waals surface area contributed by atoms with Crippen molar-refractivity contribution in [3.8, 4) is 5.75 Å². The van der Waals surface area contributed by atoms with Crippen LogP contribution in [0, 0.1) is 12.7 Å². The first-order valence-corrected chi connectivity index (χ1v) is 6.95. The Morgan fingerprint density at radius 2 is 2.00 bits per heavy atom. The third-order valence-electron chi connectivity index (χ3n) is 3.76. The van der Waals surface area contributed by atoms with Crippen LogP contribution in [0.25, 0.3) is 0 Å². The van der Waals surface area contributed by atoms with E-state index in [-0.39, 0.29) is 11.8 Å². The molecule has 0 unspecified atom stereocenters. The molecule has 0 N–H and O–H groups in total. The van der Waals surface area contributed by atoms with Gasteiger partial charge in [0.05, 0.1) is 19.0 Å². The molecule has 114 valence electrons. The van der Waals surface area contributed by atoms with E-state index in [1.165, 1.54) is 19.2 Å². The summed E-state index contributed by atoms with van der Waals surface area (Å²) >= 11 is 0. The molecule has 0 bridgehead atoms. The van der Waals surface area contributed by atoms with Crippen molar-refractivity contribution in [1.29, 1.82) is 0 Å². The Bertz CT molecular complexity index is 720. The Kier molecular flexibility index (Phi) is 3.66. The maximum atomic E-state index is 13.5. The number of nitrogens with zero attached hydrogens (tertiary/aromatic N) is 3. The molecule has 0 spiro atoms. The monoisotopic (exact) mass is 301 g/mol. The molecule has 5 nitrogen and oxygen atoms in total. The van der Waals surface area contributed by atoms with Gasteiger partial charge in [0, 0.05) is 31.0 Å². The second-order valence-corrected chi connectivity index (χ2v) is 5.07. The Morgan fingerprint density at radius 3 is 2.73 bits per heavy atom. The van der Waals surface area contributed by atoms with Crippen molar-refractivity contribution in [3.05, 3.63) is 48.0 Å². The number of urea groups is 1. The van der Waals surface area contributed by atoms with Gasteiger partial charge in [-0.3, -0.25) is 14.8 Å². The molecular weight excluding hydrogens is 285 g/mol. The minimum atomic E-state index is -0.446. The molecule has 22 heavy (non-hydrogen) atoms. The first-order chi connectivity index (χ1) is 10.6. The number of benzene rings is 1. The fourth-order valence-electron chi connectivity index (χ4n) is 2.55. The fraction of sp³-hybridized carbons (Fsp3) is 0.250. The number of anilines is 2. The van der Waals surface area contributed by atoms with Gasteiger partial charge in [0.15, 0.2) is 11.6 Å². The second-order valence-electron chi connectivity index (χ2n) is 5.07. The number of hydrogen-bond donors (Lipinski definition) is 0. The first-order valence-electron chi connectivity index (χ1n) is 6.95. The van der Waals surface area contributed by atoms with Crippen LogP contribution in [0.5, 0.6) is 5.75 Å². The maximum absolute atomic E-state index is 13.5. The average Bonchev–Trinajstić information content (AvgIpc) is 2.90. The summed E-state index contributed by atoms with van der Waals surface area (Å²) in [6, 6.07) is 6.14. The van der Waals surface area contributed by atoms with E-state index in [1.807, 2.05) is 13.0 Å². The molecule has 2 aromatic rings. The molecule has 1 aliphatic heterocycles.